The first-order chi connectivity index (χ1) is 16.3. The number of amides is 1. The van der Waals surface area contributed by atoms with E-state index in [1.165, 1.54) is 35.2 Å². The quantitative estimate of drug-likeness (QED) is 0.549. The maximum absolute atomic E-state index is 13.5. The van der Waals surface area contributed by atoms with Crippen LogP contribution in [-0.4, -0.2) is 46.5 Å². The molecule has 0 unspecified atom stereocenters. The number of carbonyl (C=O) groups is 1. The third-order valence-electron chi connectivity index (χ3n) is 6.73. The molecule has 3 rings (SSSR count). The fourth-order valence-corrected chi connectivity index (χ4v) is 4.64. The highest BCUT2D eigenvalue weighted by Crippen LogP contribution is 2.23. The monoisotopic (exact) mass is 469 g/mol. The summed E-state index contributed by atoms with van der Waals surface area (Å²) in [5, 5.41) is 0. The van der Waals surface area contributed by atoms with Crippen LogP contribution in [-0.2, 0) is 11.3 Å². The summed E-state index contributed by atoms with van der Waals surface area (Å²) in [5.74, 6) is 0.187. The number of likely N-dealkylation sites (N-methyl/N-ethyl adjacent to an activating group) is 1. The van der Waals surface area contributed by atoms with Crippen molar-refractivity contribution in [1.29, 1.82) is 0 Å². The Morgan fingerprint density at radius 2 is 1.76 bits per heavy atom. The topological polar surface area (TPSA) is 104 Å². The van der Waals surface area contributed by atoms with Gasteiger partial charge in [0.1, 0.15) is 5.82 Å². The van der Waals surface area contributed by atoms with Crippen molar-refractivity contribution in [3.63, 3.8) is 0 Å². The van der Waals surface area contributed by atoms with Crippen LogP contribution < -0.4 is 21.9 Å². The second kappa shape index (κ2) is 12.0. The van der Waals surface area contributed by atoms with Crippen LogP contribution in [0.25, 0.3) is 0 Å². The summed E-state index contributed by atoms with van der Waals surface area (Å²) in [4.78, 5) is 45.1. The minimum absolute atomic E-state index is 0.0202. The lowest BCUT2D eigenvalue weighted by Crippen LogP contribution is -2.47. The van der Waals surface area contributed by atoms with Crippen molar-refractivity contribution in [3.05, 3.63) is 56.7 Å². The Labute approximate surface area is 201 Å². The van der Waals surface area contributed by atoms with Crippen molar-refractivity contribution in [2.75, 3.05) is 30.8 Å². The van der Waals surface area contributed by atoms with Crippen molar-refractivity contribution < 1.29 is 4.79 Å². The van der Waals surface area contributed by atoms with Gasteiger partial charge in [-0.25, -0.2) is 4.79 Å². The molecule has 0 aliphatic heterocycles. The predicted molar refractivity (Wildman–Crippen MR) is 137 cm³/mol. The lowest BCUT2D eigenvalue weighted by Gasteiger charge is -2.30. The summed E-state index contributed by atoms with van der Waals surface area (Å²) in [6, 6.07) is 9.79. The molecular formula is C26H39N5O3. The molecule has 186 valence electrons. The van der Waals surface area contributed by atoms with Gasteiger partial charge >= 0.3 is 5.69 Å². The third kappa shape index (κ3) is 6.59. The smallest absolute Gasteiger partial charge is 0.330 e. The van der Waals surface area contributed by atoms with E-state index >= 15 is 0 Å². The highest BCUT2D eigenvalue weighted by Gasteiger charge is 2.27. The number of anilines is 2. The Bertz CT molecular complexity index is 1050. The molecule has 1 aromatic heterocycles. The molecule has 0 radical (unpaired) electrons. The summed E-state index contributed by atoms with van der Waals surface area (Å²) in [7, 11) is 1.98. The fourth-order valence-electron chi connectivity index (χ4n) is 4.64. The standard InChI is InChI=1S/C26H39N5O3/c1-19(2)15-16-30(22(32)18-29(3)21-13-9-4-5-10-14-21)23-24(27)31(26(34)28-25(23)33)17-20-11-7-6-8-12-20/h6-8,11-12,19,21H,4-5,9-10,13-18,27H2,1-3H3,(H,28,33,34). The van der Waals surface area contributed by atoms with E-state index in [0.717, 1.165) is 24.8 Å². The van der Waals surface area contributed by atoms with E-state index in [0.29, 0.717) is 18.5 Å². The number of rotatable bonds is 9. The lowest BCUT2D eigenvalue weighted by atomic mass is 10.1. The zero-order valence-electron chi connectivity index (χ0n) is 20.8. The van der Waals surface area contributed by atoms with Gasteiger partial charge in [-0.1, -0.05) is 69.9 Å². The third-order valence-corrected chi connectivity index (χ3v) is 6.73. The van der Waals surface area contributed by atoms with E-state index in [-0.39, 0.29) is 30.5 Å². The van der Waals surface area contributed by atoms with Gasteiger partial charge < -0.3 is 10.6 Å². The number of nitrogen functional groups attached to an aromatic ring is 1. The van der Waals surface area contributed by atoms with Crippen molar-refractivity contribution >= 4 is 17.4 Å². The van der Waals surface area contributed by atoms with Gasteiger partial charge in [0.2, 0.25) is 5.91 Å². The molecule has 3 N–H and O–H groups in total. The highest BCUT2D eigenvalue weighted by molar-refractivity contribution is 5.96. The first-order valence-electron chi connectivity index (χ1n) is 12.4. The van der Waals surface area contributed by atoms with Crippen LogP contribution in [0.5, 0.6) is 0 Å². The summed E-state index contributed by atoms with van der Waals surface area (Å²) in [6.07, 6.45) is 7.73. The second-order valence-electron chi connectivity index (χ2n) is 9.85. The van der Waals surface area contributed by atoms with Crippen molar-refractivity contribution in [2.24, 2.45) is 5.92 Å². The van der Waals surface area contributed by atoms with Gasteiger partial charge in [0, 0.05) is 12.6 Å². The molecule has 1 fully saturated rings. The molecule has 34 heavy (non-hydrogen) atoms. The molecule has 0 spiro atoms. The van der Waals surface area contributed by atoms with Gasteiger partial charge in [-0.3, -0.25) is 24.0 Å². The Kier molecular flexibility index (Phi) is 9.10. The Morgan fingerprint density at radius 3 is 2.38 bits per heavy atom. The summed E-state index contributed by atoms with van der Waals surface area (Å²) in [5.41, 5.74) is 6.14. The molecule has 8 nitrogen and oxygen atoms in total. The molecule has 1 aromatic carbocycles. The van der Waals surface area contributed by atoms with Crippen LogP contribution in [0.1, 0.15) is 64.4 Å². The van der Waals surface area contributed by atoms with E-state index in [2.05, 4.69) is 23.7 Å². The molecular weight excluding hydrogens is 430 g/mol. The van der Waals surface area contributed by atoms with Crippen LogP contribution >= 0.6 is 0 Å². The summed E-state index contributed by atoms with van der Waals surface area (Å²) >= 11 is 0. The Hall–Kier alpha value is -2.87. The second-order valence-corrected chi connectivity index (χ2v) is 9.85. The molecule has 1 heterocycles. The number of nitrogens with one attached hydrogen (secondary N) is 1. The average molecular weight is 470 g/mol. The minimum atomic E-state index is -0.624. The number of aromatic nitrogens is 2. The van der Waals surface area contributed by atoms with Crippen molar-refractivity contribution in [1.82, 2.24) is 14.5 Å². The number of nitrogens with two attached hydrogens (primary N) is 1. The number of H-pyrrole nitrogens is 1. The van der Waals surface area contributed by atoms with Crippen LogP contribution in [0.15, 0.2) is 39.9 Å². The maximum Gasteiger partial charge on any atom is 0.330 e. The Morgan fingerprint density at radius 1 is 1.12 bits per heavy atom. The minimum Gasteiger partial charge on any atom is -0.383 e. The van der Waals surface area contributed by atoms with Crippen LogP contribution in [0.3, 0.4) is 0 Å². The van der Waals surface area contributed by atoms with Gasteiger partial charge in [0.25, 0.3) is 5.56 Å². The molecule has 1 aliphatic rings. The summed E-state index contributed by atoms with van der Waals surface area (Å²) in [6.45, 7) is 4.93. The van der Waals surface area contributed by atoms with E-state index in [4.69, 9.17) is 5.73 Å². The van der Waals surface area contributed by atoms with Crippen LogP contribution in [0.2, 0.25) is 0 Å². The van der Waals surface area contributed by atoms with Gasteiger partial charge in [-0.05, 0) is 37.8 Å². The van der Waals surface area contributed by atoms with Crippen molar-refractivity contribution in [2.45, 2.75) is 71.4 Å². The van der Waals surface area contributed by atoms with Crippen molar-refractivity contribution in [3.8, 4) is 0 Å². The molecule has 0 saturated heterocycles. The van der Waals surface area contributed by atoms with Crippen LogP contribution in [0.4, 0.5) is 11.5 Å². The molecule has 0 bridgehead atoms. The number of benzene rings is 1. The van der Waals surface area contributed by atoms with E-state index < -0.39 is 11.2 Å². The number of hydrogen-bond acceptors (Lipinski definition) is 5. The van der Waals surface area contributed by atoms with E-state index in [1.54, 1.807) is 0 Å². The highest BCUT2D eigenvalue weighted by atomic mass is 16.2. The Balaban J connectivity index is 1.92. The number of aromatic amines is 1. The lowest BCUT2D eigenvalue weighted by molar-refractivity contribution is -0.120. The number of carbonyl (C=O) groups excluding carboxylic acids is 1. The number of hydrogen-bond donors (Lipinski definition) is 2. The molecule has 2 aromatic rings. The van der Waals surface area contributed by atoms with E-state index in [1.807, 2.05) is 37.4 Å². The summed E-state index contributed by atoms with van der Waals surface area (Å²) < 4.78 is 1.33. The normalized spacial score (nSPS) is 15.0. The predicted octanol–water partition coefficient (Wildman–Crippen LogP) is 3.20. The van der Waals surface area contributed by atoms with Gasteiger partial charge in [0.05, 0.1) is 13.1 Å². The van der Waals surface area contributed by atoms with Crippen LogP contribution in [0, 0.1) is 5.92 Å². The SMILES string of the molecule is CC(C)CCN(C(=O)CN(C)C1CCCCCC1)c1c(N)n(Cc2ccccc2)c(=O)[nH]c1=O. The largest absolute Gasteiger partial charge is 0.383 e. The zero-order chi connectivity index (χ0) is 24.7. The van der Waals surface area contributed by atoms with Gasteiger partial charge in [0.15, 0.2) is 5.69 Å². The maximum atomic E-state index is 13.5. The average Bonchev–Trinajstić information content (AvgIpc) is 3.09. The molecule has 8 heteroatoms. The fraction of sp³-hybridized carbons (Fsp3) is 0.577. The molecule has 1 aliphatic carbocycles. The molecule has 1 amide bonds. The first kappa shape index (κ1) is 25.7. The number of nitrogens with zero attached hydrogens (tertiary/aromatic N) is 3. The van der Waals surface area contributed by atoms with Gasteiger partial charge in [-0.15, -0.1) is 0 Å². The first-order valence-corrected chi connectivity index (χ1v) is 12.4. The van der Waals surface area contributed by atoms with E-state index in [9.17, 15) is 14.4 Å². The molecule has 0 atom stereocenters. The zero-order valence-corrected chi connectivity index (χ0v) is 20.8. The molecule has 1 saturated carbocycles. The van der Waals surface area contributed by atoms with Gasteiger partial charge in [-0.2, -0.15) is 0 Å².